The second kappa shape index (κ2) is 4.05. The number of nitrogens with zero attached hydrogens (tertiary/aromatic N) is 1. The molecule has 0 aliphatic carbocycles. The molecular formula is C10H14N2S. The number of nitrogens with two attached hydrogens (primary N) is 1. The third-order valence-corrected chi connectivity index (χ3v) is 3.26. The van der Waals surface area contributed by atoms with Crippen LogP contribution in [0, 0.1) is 0 Å². The topological polar surface area (TPSA) is 29.3 Å². The summed E-state index contributed by atoms with van der Waals surface area (Å²) in [5, 5.41) is 2.08. The van der Waals surface area contributed by atoms with Crippen molar-refractivity contribution in [2.45, 2.75) is 6.04 Å². The Morgan fingerprint density at radius 1 is 1.46 bits per heavy atom. The van der Waals surface area contributed by atoms with E-state index in [0.717, 1.165) is 19.6 Å². The fraction of sp³-hybridized carbons (Fsp3) is 0.400. The summed E-state index contributed by atoms with van der Waals surface area (Å²) >= 11 is 1.74. The average Bonchev–Trinajstić information content (AvgIpc) is 2.74. The highest BCUT2D eigenvalue weighted by Crippen LogP contribution is 2.18. The molecular weight excluding hydrogens is 180 g/mol. The van der Waals surface area contributed by atoms with Gasteiger partial charge < -0.3 is 5.73 Å². The Balaban J connectivity index is 1.88. The van der Waals surface area contributed by atoms with Gasteiger partial charge in [0.25, 0.3) is 0 Å². The zero-order chi connectivity index (χ0) is 9.10. The van der Waals surface area contributed by atoms with Crippen LogP contribution in [0.15, 0.2) is 29.7 Å². The fourth-order valence-corrected chi connectivity index (χ4v) is 2.26. The summed E-state index contributed by atoms with van der Waals surface area (Å²) in [6, 6.07) is 4.35. The van der Waals surface area contributed by atoms with E-state index < -0.39 is 0 Å². The smallest absolute Gasteiger partial charge is 0.0519 e. The van der Waals surface area contributed by atoms with Crippen LogP contribution in [-0.2, 0) is 0 Å². The standard InChI is InChI=1S/C10H14N2S/c11-9(10-4-3-7-13-10)8-12-5-1-2-6-12/h1-4,7,9H,5-6,8,11H2. The van der Waals surface area contributed by atoms with Crippen molar-refractivity contribution >= 4 is 11.3 Å². The summed E-state index contributed by atoms with van der Waals surface area (Å²) in [5.74, 6) is 0. The van der Waals surface area contributed by atoms with E-state index in [4.69, 9.17) is 5.73 Å². The Morgan fingerprint density at radius 2 is 2.23 bits per heavy atom. The molecule has 3 heteroatoms. The molecule has 0 amide bonds. The summed E-state index contributed by atoms with van der Waals surface area (Å²) in [6.45, 7) is 3.08. The second-order valence-corrected chi connectivity index (χ2v) is 4.29. The maximum Gasteiger partial charge on any atom is 0.0519 e. The van der Waals surface area contributed by atoms with Gasteiger partial charge in [0.05, 0.1) is 6.04 Å². The summed E-state index contributed by atoms with van der Waals surface area (Å²) in [6.07, 6.45) is 4.39. The molecule has 0 aromatic carbocycles. The molecule has 0 fully saturated rings. The van der Waals surface area contributed by atoms with Gasteiger partial charge in [-0.2, -0.15) is 0 Å². The predicted octanol–water partition coefficient (Wildman–Crippen LogP) is 1.62. The van der Waals surface area contributed by atoms with E-state index >= 15 is 0 Å². The van der Waals surface area contributed by atoms with E-state index in [0.29, 0.717) is 0 Å². The van der Waals surface area contributed by atoms with Gasteiger partial charge in [-0.3, -0.25) is 4.90 Å². The van der Waals surface area contributed by atoms with E-state index in [9.17, 15) is 0 Å². The Hall–Kier alpha value is -0.640. The van der Waals surface area contributed by atoms with Crippen molar-refractivity contribution in [1.29, 1.82) is 0 Å². The third-order valence-electron chi connectivity index (χ3n) is 2.26. The molecule has 2 heterocycles. The Kier molecular flexibility index (Phi) is 2.78. The molecule has 1 aliphatic heterocycles. The van der Waals surface area contributed by atoms with Crippen molar-refractivity contribution in [2.75, 3.05) is 19.6 Å². The van der Waals surface area contributed by atoms with Gasteiger partial charge in [0.2, 0.25) is 0 Å². The number of hydrogen-bond acceptors (Lipinski definition) is 3. The highest BCUT2D eigenvalue weighted by atomic mass is 32.1. The lowest BCUT2D eigenvalue weighted by molar-refractivity contribution is 0.330. The highest BCUT2D eigenvalue weighted by molar-refractivity contribution is 7.10. The first kappa shape index (κ1) is 8.94. The van der Waals surface area contributed by atoms with Crippen LogP contribution in [0.4, 0.5) is 0 Å². The van der Waals surface area contributed by atoms with E-state index in [2.05, 4.69) is 34.6 Å². The highest BCUT2D eigenvalue weighted by Gasteiger charge is 2.13. The first-order chi connectivity index (χ1) is 6.36. The van der Waals surface area contributed by atoms with Gasteiger partial charge in [-0.15, -0.1) is 11.3 Å². The molecule has 2 nitrogen and oxygen atoms in total. The molecule has 1 aromatic rings. The largest absolute Gasteiger partial charge is 0.322 e. The van der Waals surface area contributed by atoms with E-state index in [1.54, 1.807) is 11.3 Å². The van der Waals surface area contributed by atoms with Crippen LogP contribution in [0.25, 0.3) is 0 Å². The molecule has 1 atom stereocenters. The molecule has 70 valence electrons. The van der Waals surface area contributed by atoms with Crippen LogP contribution in [0.1, 0.15) is 10.9 Å². The summed E-state index contributed by atoms with van der Waals surface area (Å²) < 4.78 is 0. The van der Waals surface area contributed by atoms with Crippen LogP contribution in [0.5, 0.6) is 0 Å². The number of thiophene rings is 1. The molecule has 2 N–H and O–H groups in total. The zero-order valence-electron chi connectivity index (χ0n) is 7.52. The van der Waals surface area contributed by atoms with Gasteiger partial charge in [0, 0.05) is 24.5 Å². The van der Waals surface area contributed by atoms with Gasteiger partial charge in [-0.25, -0.2) is 0 Å². The molecule has 1 aromatic heterocycles. The van der Waals surface area contributed by atoms with E-state index in [1.165, 1.54) is 4.88 Å². The van der Waals surface area contributed by atoms with Crippen LogP contribution in [0.3, 0.4) is 0 Å². The summed E-state index contributed by atoms with van der Waals surface area (Å²) in [7, 11) is 0. The summed E-state index contributed by atoms with van der Waals surface area (Å²) in [4.78, 5) is 3.64. The van der Waals surface area contributed by atoms with Crippen LogP contribution in [0.2, 0.25) is 0 Å². The van der Waals surface area contributed by atoms with Crippen LogP contribution >= 0.6 is 11.3 Å². The lowest BCUT2D eigenvalue weighted by Crippen LogP contribution is -2.29. The molecule has 0 radical (unpaired) electrons. The molecule has 0 spiro atoms. The molecule has 1 unspecified atom stereocenters. The van der Waals surface area contributed by atoms with Crippen LogP contribution < -0.4 is 5.73 Å². The lowest BCUT2D eigenvalue weighted by Gasteiger charge is -2.18. The maximum absolute atomic E-state index is 6.06. The SMILES string of the molecule is NC(CN1CC=CC1)c1cccs1. The van der Waals surface area contributed by atoms with Crippen molar-refractivity contribution < 1.29 is 0 Å². The van der Waals surface area contributed by atoms with E-state index in [-0.39, 0.29) is 6.04 Å². The van der Waals surface area contributed by atoms with Gasteiger partial charge >= 0.3 is 0 Å². The molecule has 0 saturated carbocycles. The first-order valence-corrected chi connectivity index (χ1v) is 5.40. The van der Waals surface area contributed by atoms with Crippen molar-refractivity contribution in [1.82, 2.24) is 4.90 Å². The predicted molar refractivity (Wildman–Crippen MR) is 56.8 cm³/mol. The third kappa shape index (κ3) is 2.18. The van der Waals surface area contributed by atoms with Gasteiger partial charge in [-0.05, 0) is 11.4 Å². The Bertz CT molecular complexity index is 271. The zero-order valence-corrected chi connectivity index (χ0v) is 8.33. The monoisotopic (exact) mass is 194 g/mol. The van der Waals surface area contributed by atoms with Gasteiger partial charge in [0.15, 0.2) is 0 Å². The van der Waals surface area contributed by atoms with Crippen molar-refractivity contribution in [3.05, 3.63) is 34.5 Å². The van der Waals surface area contributed by atoms with E-state index in [1.807, 2.05) is 0 Å². The second-order valence-electron chi connectivity index (χ2n) is 3.31. The number of rotatable bonds is 3. The van der Waals surface area contributed by atoms with Crippen molar-refractivity contribution in [2.24, 2.45) is 5.73 Å². The quantitative estimate of drug-likeness (QED) is 0.741. The molecule has 13 heavy (non-hydrogen) atoms. The Labute approximate surface area is 82.7 Å². The normalized spacial score (nSPS) is 19.5. The van der Waals surface area contributed by atoms with Crippen molar-refractivity contribution in [3.63, 3.8) is 0 Å². The first-order valence-electron chi connectivity index (χ1n) is 4.52. The maximum atomic E-state index is 6.06. The minimum atomic E-state index is 0.180. The lowest BCUT2D eigenvalue weighted by atomic mass is 10.2. The van der Waals surface area contributed by atoms with Gasteiger partial charge in [0.1, 0.15) is 0 Å². The summed E-state index contributed by atoms with van der Waals surface area (Å²) in [5.41, 5.74) is 6.06. The van der Waals surface area contributed by atoms with Crippen LogP contribution in [-0.4, -0.2) is 24.5 Å². The average molecular weight is 194 g/mol. The van der Waals surface area contributed by atoms with Gasteiger partial charge in [-0.1, -0.05) is 18.2 Å². The minimum absolute atomic E-state index is 0.180. The van der Waals surface area contributed by atoms with Crippen molar-refractivity contribution in [3.8, 4) is 0 Å². The number of hydrogen-bond donors (Lipinski definition) is 1. The molecule has 0 saturated heterocycles. The molecule has 2 rings (SSSR count). The Morgan fingerprint density at radius 3 is 2.85 bits per heavy atom. The fourth-order valence-electron chi connectivity index (χ4n) is 1.54. The molecule has 0 bridgehead atoms. The minimum Gasteiger partial charge on any atom is -0.322 e. The molecule has 1 aliphatic rings.